The molecule has 0 aliphatic heterocycles. The van der Waals surface area contributed by atoms with Crippen molar-refractivity contribution in [3.8, 4) is 0 Å². The van der Waals surface area contributed by atoms with Gasteiger partial charge in [-0.15, -0.1) is 0 Å². The van der Waals surface area contributed by atoms with Crippen LogP contribution in [-0.2, 0) is 30.8 Å². The highest BCUT2D eigenvalue weighted by atomic mass is 32.2. The number of esters is 1. The van der Waals surface area contributed by atoms with Gasteiger partial charge in [0.15, 0.2) is 9.84 Å². The van der Waals surface area contributed by atoms with Gasteiger partial charge >= 0.3 is 5.97 Å². The number of alkyl halides is 1. The van der Waals surface area contributed by atoms with Crippen LogP contribution < -0.4 is 0 Å². The summed E-state index contributed by atoms with van der Waals surface area (Å²) < 4.78 is 43.0. The lowest BCUT2D eigenvalue weighted by molar-refractivity contribution is -0.156. The number of sulfone groups is 1. The van der Waals surface area contributed by atoms with E-state index in [-0.39, 0.29) is 28.8 Å². The lowest BCUT2D eigenvalue weighted by atomic mass is 9.99. The number of rotatable bonds is 6. The molecule has 1 aromatic heterocycles. The average Bonchev–Trinajstić information content (AvgIpc) is 3.30. The third-order valence-corrected chi connectivity index (χ3v) is 5.65. The van der Waals surface area contributed by atoms with E-state index in [2.05, 4.69) is 14.7 Å². The van der Waals surface area contributed by atoms with E-state index >= 15 is 0 Å². The molecule has 1 unspecified atom stereocenters. The van der Waals surface area contributed by atoms with Crippen LogP contribution in [-0.4, -0.2) is 36.7 Å². The van der Waals surface area contributed by atoms with Gasteiger partial charge in [-0.3, -0.25) is 4.98 Å². The van der Waals surface area contributed by atoms with Crippen molar-refractivity contribution >= 4 is 15.8 Å². The Morgan fingerprint density at radius 1 is 1.48 bits per heavy atom. The van der Waals surface area contributed by atoms with Crippen LogP contribution in [0.1, 0.15) is 37.6 Å². The standard InChI is InChI=1S/C13H17FN2O4S/c1-3-13(14,12(17)20-2)11-7-15-6-9(16-11)8-21(18,19)10-4-5-10/h6-7,10H,3-5,8H2,1-2H3. The predicted octanol–water partition coefficient (Wildman–Crippen LogP) is 1.30. The normalized spacial score (nSPS) is 18.0. The number of methoxy groups -OCH3 is 1. The molecule has 0 N–H and O–H groups in total. The second-order valence-corrected chi connectivity index (χ2v) is 7.33. The number of hydrogen-bond donors (Lipinski definition) is 0. The van der Waals surface area contributed by atoms with Crippen LogP contribution in [0.5, 0.6) is 0 Å². The highest BCUT2D eigenvalue weighted by molar-refractivity contribution is 7.91. The van der Waals surface area contributed by atoms with Crippen LogP contribution in [0.2, 0.25) is 0 Å². The summed E-state index contributed by atoms with van der Waals surface area (Å²) >= 11 is 0. The first-order chi connectivity index (χ1) is 9.83. The minimum absolute atomic E-state index is 0.138. The Morgan fingerprint density at radius 3 is 2.67 bits per heavy atom. The number of ether oxygens (including phenoxy) is 1. The first kappa shape index (κ1) is 15.8. The molecule has 1 heterocycles. The molecule has 21 heavy (non-hydrogen) atoms. The second-order valence-electron chi connectivity index (χ2n) is 5.05. The maximum atomic E-state index is 14.7. The van der Waals surface area contributed by atoms with E-state index in [1.54, 1.807) is 0 Å². The fraction of sp³-hybridized carbons (Fsp3) is 0.615. The summed E-state index contributed by atoms with van der Waals surface area (Å²) in [5.74, 6) is -1.36. The quantitative estimate of drug-likeness (QED) is 0.735. The van der Waals surface area contributed by atoms with E-state index in [4.69, 9.17) is 0 Å². The molecule has 0 amide bonds. The fourth-order valence-corrected chi connectivity index (χ4v) is 3.65. The SMILES string of the molecule is CCC(F)(C(=O)OC)c1cncc(CS(=O)(=O)C2CC2)n1. The molecular weight excluding hydrogens is 299 g/mol. The summed E-state index contributed by atoms with van der Waals surface area (Å²) in [5, 5.41) is -0.329. The molecule has 1 aliphatic carbocycles. The zero-order chi connectivity index (χ0) is 15.7. The van der Waals surface area contributed by atoms with Gasteiger partial charge in [0.25, 0.3) is 0 Å². The number of carbonyl (C=O) groups excluding carboxylic acids is 1. The Kier molecular flexibility index (Phi) is 4.27. The molecule has 1 aromatic rings. The minimum Gasteiger partial charge on any atom is -0.466 e. The zero-order valence-corrected chi connectivity index (χ0v) is 12.7. The van der Waals surface area contributed by atoms with Crippen molar-refractivity contribution in [1.82, 2.24) is 9.97 Å². The lowest BCUT2D eigenvalue weighted by Crippen LogP contribution is -2.33. The van der Waals surface area contributed by atoms with Gasteiger partial charge < -0.3 is 4.74 Å². The molecule has 1 saturated carbocycles. The van der Waals surface area contributed by atoms with Crippen LogP contribution in [0.4, 0.5) is 4.39 Å². The van der Waals surface area contributed by atoms with Crippen molar-refractivity contribution < 1.29 is 22.3 Å². The van der Waals surface area contributed by atoms with Crippen molar-refractivity contribution in [3.63, 3.8) is 0 Å². The van der Waals surface area contributed by atoms with Gasteiger partial charge in [-0.2, -0.15) is 0 Å². The number of halogens is 1. The minimum atomic E-state index is -3.28. The second kappa shape index (κ2) is 5.67. The Hall–Kier alpha value is -1.57. The molecule has 8 heteroatoms. The first-order valence-electron chi connectivity index (χ1n) is 6.63. The van der Waals surface area contributed by atoms with Crippen molar-refractivity contribution in [1.29, 1.82) is 0 Å². The zero-order valence-electron chi connectivity index (χ0n) is 11.9. The van der Waals surface area contributed by atoms with Crippen molar-refractivity contribution in [3.05, 3.63) is 23.8 Å². The summed E-state index contributed by atoms with van der Waals surface area (Å²) in [5.41, 5.74) is -2.50. The topological polar surface area (TPSA) is 86.2 Å². The van der Waals surface area contributed by atoms with Gasteiger partial charge in [0.2, 0.25) is 5.67 Å². The Labute approximate surface area is 122 Å². The molecule has 1 fully saturated rings. The Bertz CT molecular complexity index is 645. The summed E-state index contributed by atoms with van der Waals surface area (Å²) in [6, 6.07) is 0. The molecule has 1 atom stereocenters. The molecule has 0 saturated heterocycles. The van der Waals surface area contributed by atoms with E-state index < -0.39 is 21.5 Å². The molecule has 0 spiro atoms. The molecule has 6 nitrogen and oxygen atoms in total. The Balaban J connectivity index is 2.30. The fourth-order valence-electron chi connectivity index (χ4n) is 2.01. The Morgan fingerprint density at radius 2 is 2.14 bits per heavy atom. The van der Waals surface area contributed by atoms with Gasteiger partial charge in [-0.25, -0.2) is 22.6 Å². The van der Waals surface area contributed by atoms with E-state index in [9.17, 15) is 17.6 Å². The number of carbonyl (C=O) groups is 1. The predicted molar refractivity (Wildman–Crippen MR) is 72.8 cm³/mol. The number of nitrogens with zero attached hydrogens (tertiary/aromatic N) is 2. The van der Waals surface area contributed by atoms with Gasteiger partial charge in [0, 0.05) is 6.20 Å². The van der Waals surface area contributed by atoms with Gasteiger partial charge in [0.1, 0.15) is 5.69 Å². The van der Waals surface area contributed by atoms with Crippen LogP contribution in [0.25, 0.3) is 0 Å². The largest absolute Gasteiger partial charge is 0.466 e. The maximum Gasteiger partial charge on any atom is 0.350 e. The van der Waals surface area contributed by atoms with E-state index in [1.165, 1.54) is 13.1 Å². The van der Waals surface area contributed by atoms with Crippen LogP contribution in [0, 0.1) is 0 Å². The monoisotopic (exact) mass is 316 g/mol. The summed E-state index contributed by atoms with van der Waals surface area (Å²) in [6.45, 7) is 1.48. The molecule has 0 radical (unpaired) electrons. The average molecular weight is 316 g/mol. The van der Waals surface area contributed by atoms with Gasteiger partial charge in [-0.05, 0) is 19.3 Å². The van der Waals surface area contributed by atoms with Gasteiger partial charge in [-0.1, -0.05) is 6.92 Å². The third kappa shape index (κ3) is 3.20. The molecule has 2 rings (SSSR count). The first-order valence-corrected chi connectivity index (χ1v) is 8.35. The maximum absolute atomic E-state index is 14.7. The number of aromatic nitrogens is 2. The third-order valence-electron chi connectivity index (χ3n) is 3.47. The van der Waals surface area contributed by atoms with Crippen LogP contribution in [0.15, 0.2) is 12.4 Å². The van der Waals surface area contributed by atoms with Crippen molar-refractivity contribution in [2.24, 2.45) is 0 Å². The lowest BCUT2D eigenvalue weighted by Gasteiger charge is -2.20. The molecule has 0 aromatic carbocycles. The van der Waals surface area contributed by atoms with Crippen LogP contribution in [0.3, 0.4) is 0 Å². The summed E-state index contributed by atoms with van der Waals surface area (Å²) in [7, 11) is -2.19. The van der Waals surface area contributed by atoms with E-state index in [1.807, 2.05) is 0 Å². The highest BCUT2D eigenvalue weighted by Gasteiger charge is 2.42. The summed E-state index contributed by atoms with van der Waals surface area (Å²) in [6.07, 6.45) is 3.52. The number of hydrogen-bond acceptors (Lipinski definition) is 6. The van der Waals surface area contributed by atoms with Crippen molar-refractivity contribution in [2.75, 3.05) is 7.11 Å². The summed E-state index contributed by atoms with van der Waals surface area (Å²) in [4.78, 5) is 19.4. The molecule has 1 aliphatic rings. The van der Waals surface area contributed by atoms with E-state index in [0.717, 1.165) is 13.3 Å². The molecule has 0 bridgehead atoms. The highest BCUT2D eigenvalue weighted by Crippen LogP contribution is 2.32. The van der Waals surface area contributed by atoms with Crippen molar-refractivity contribution in [2.45, 2.75) is 42.9 Å². The smallest absolute Gasteiger partial charge is 0.350 e. The molecule has 116 valence electrons. The van der Waals surface area contributed by atoms with Gasteiger partial charge in [0.05, 0.1) is 30.0 Å². The van der Waals surface area contributed by atoms with Crippen LogP contribution >= 0.6 is 0 Å². The van der Waals surface area contributed by atoms with E-state index in [0.29, 0.717) is 12.8 Å². The molecular formula is C13H17FN2O4S.